The third kappa shape index (κ3) is 2.30. The van der Waals surface area contributed by atoms with Crippen molar-refractivity contribution in [1.29, 1.82) is 0 Å². The van der Waals surface area contributed by atoms with Gasteiger partial charge in [0.2, 0.25) is 0 Å². The molecule has 84 valence electrons. The highest BCUT2D eigenvalue weighted by Crippen LogP contribution is 2.13. The fourth-order valence-corrected chi connectivity index (χ4v) is 1.81. The van der Waals surface area contributed by atoms with Crippen molar-refractivity contribution in [2.24, 2.45) is 0 Å². The number of nitrogens with one attached hydrogen (secondary N) is 1. The average Bonchev–Trinajstić information content (AvgIpc) is 2.74. The van der Waals surface area contributed by atoms with Crippen LogP contribution in [-0.4, -0.2) is 11.9 Å². The van der Waals surface area contributed by atoms with Crippen LogP contribution in [-0.2, 0) is 0 Å². The molecule has 0 spiro atoms. The minimum absolute atomic E-state index is 0.118. The van der Waals surface area contributed by atoms with E-state index < -0.39 is 5.82 Å². The van der Waals surface area contributed by atoms with Gasteiger partial charge in [0.15, 0.2) is 0 Å². The molecule has 2 nitrogen and oxygen atoms in total. The lowest BCUT2D eigenvalue weighted by atomic mass is 10.1. The van der Waals surface area contributed by atoms with Crippen molar-refractivity contribution in [2.45, 2.75) is 25.8 Å². The molecule has 0 bridgehead atoms. The lowest BCUT2D eigenvalue weighted by Crippen LogP contribution is -2.33. The molecule has 1 aromatic rings. The second kappa shape index (κ2) is 4.47. The van der Waals surface area contributed by atoms with E-state index in [1.165, 1.54) is 6.07 Å². The van der Waals surface area contributed by atoms with Crippen LogP contribution in [0.5, 0.6) is 0 Å². The summed E-state index contributed by atoms with van der Waals surface area (Å²) < 4.78 is 13.4. The standard InChI is InChI=1S/C13H14FNO/c1-9-6-7-12(14)11(8-9)13(16)15-10-4-2-3-5-10/h2-3,6-8,10H,4-5H2,1H3,(H,15,16). The van der Waals surface area contributed by atoms with Gasteiger partial charge >= 0.3 is 0 Å². The van der Waals surface area contributed by atoms with Crippen LogP contribution in [0.4, 0.5) is 4.39 Å². The van der Waals surface area contributed by atoms with Gasteiger partial charge in [-0.05, 0) is 31.9 Å². The Morgan fingerprint density at radius 1 is 1.38 bits per heavy atom. The summed E-state index contributed by atoms with van der Waals surface area (Å²) >= 11 is 0. The van der Waals surface area contributed by atoms with Gasteiger partial charge in [-0.1, -0.05) is 23.8 Å². The Kier molecular flexibility index (Phi) is 3.04. The van der Waals surface area contributed by atoms with E-state index in [0.717, 1.165) is 18.4 Å². The number of amides is 1. The molecule has 0 heterocycles. The minimum atomic E-state index is -0.464. The number of halogens is 1. The van der Waals surface area contributed by atoms with Crippen molar-refractivity contribution in [2.75, 3.05) is 0 Å². The van der Waals surface area contributed by atoms with Gasteiger partial charge in [-0.2, -0.15) is 0 Å². The molecule has 0 fully saturated rings. The van der Waals surface area contributed by atoms with Gasteiger partial charge in [-0.15, -0.1) is 0 Å². The van der Waals surface area contributed by atoms with Crippen LogP contribution in [0.15, 0.2) is 30.4 Å². The van der Waals surface area contributed by atoms with Crippen LogP contribution < -0.4 is 5.32 Å². The molecule has 0 aliphatic heterocycles. The largest absolute Gasteiger partial charge is 0.349 e. The number of hydrogen-bond donors (Lipinski definition) is 1. The highest BCUT2D eigenvalue weighted by atomic mass is 19.1. The summed E-state index contributed by atoms with van der Waals surface area (Å²) in [5.41, 5.74) is 1.02. The van der Waals surface area contributed by atoms with Crippen LogP contribution in [0.3, 0.4) is 0 Å². The van der Waals surface area contributed by atoms with Gasteiger partial charge in [0.25, 0.3) is 5.91 Å². The first kappa shape index (κ1) is 10.9. The molecular formula is C13H14FNO. The van der Waals surface area contributed by atoms with Crippen molar-refractivity contribution < 1.29 is 9.18 Å². The van der Waals surface area contributed by atoms with E-state index in [0.29, 0.717) is 0 Å². The molecule has 2 rings (SSSR count). The van der Waals surface area contributed by atoms with Crippen LogP contribution in [0, 0.1) is 12.7 Å². The monoisotopic (exact) mass is 219 g/mol. The number of rotatable bonds is 2. The molecule has 1 N–H and O–H groups in total. The number of benzene rings is 1. The Labute approximate surface area is 94.2 Å². The van der Waals surface area contributed by atoms with E-state index >= 15 is 0 Å². The normalized spacial score (nSPS) is 15.4. The maximum atomic E-state index is 13.4. The zero-order valence-corrected chi connectivity index (χ0v) is 9.16. The van der Waals surface area contributed by atoms with E-state index in [4.69, 9.17) is 0 Å². The van der Waals surface area contributed by atoms with Gasteiger partial charge in [-0.3, -0.25) is 4.79 Å². The molecule has 1 amide bonds. The lowest BCUT2D eigenvalue weighted by Gasteiger charge is -2.12. The zero-order valence-electron chi connectivity index (χ0n) is 9.16. The summed E-state index contributed by atoms with van der Waals surface area (Å²) in [6.07, 6.45) is 5.72. The third-order valence-electron chi connectivity index (χ3n) is 2.71. The second-order valence-corrected chi connectivity index (χ2v) is 4.10. The molecule has 0 aromatic heterocycles. The maximum absolute atomic E-state index is 13.4. The smallest absolute Gasteiger partial charge is 0.254 e. The van der Waals surface area contributed by atoms with Crippen molar-refractivity contribution in [3.63, 3.8) is 0 Å². The molecule has 0 saturated heterocycles. The molecule has 1 aliphatic rings. The van der Waals surface area contributed by atoms with Crippen LogP contribution >= 0.6 is 0 Å². The van der Waals surface area contributed by atoms with E-state index in [1.54, 1.807) is 12.1 Å². The Morgan fingerprint density at radius 2 is 2.06 bits per heavy atom. The van der Waals surface area contributed by atoms with Gasteiger partial charge in [0.1, 0.15) is 5.82 Å². The molecule has 3 heteroatoms. The second-order valence-electron chi connectivity index (χ2n) is 4.10. The first-order valence-electron chi connectivity index (χ1n) is 5.39. The number of carbonyl (C=O) groups is 1. The predicted octanol–water partition coefficient (Wildman–Crippen LogP) is 2.58. The van der Waals surface area contributed by atoms with Crippen molar-refractivity contribution in [3.05, 3.63) is 47.3 Å². The quantitative estimate of drug-likeness (QED) is 0.761. The predicted molar refractivity (Wildman–Crippen MR) is 60.8 cm³/mol. The van der Waals surface area contributed by atoms with Gasteiger partial charge < -0.3 is 5.32 Å². The van der Waals surface area contributed by atoms with Gasteiger partial charge in [0.05, 0.1) is 5.56 Å². The summed E-state index contributed by atoms with van der Waals surface area (Å²) in [6, 6.07) is 4.68. The van der Waals surface area contributed by atoms with Crippen LogP contribution in [0.1, 0.15) is 28.8 Å². The van der Waals surface area contributed by atoms with E-state index in [9.17, 15) is 9.18 Å². The Hall–Kier alpha value is -1.64. The van der Waals surface area contributed by atoms with Crippen LogP contribution in [0.25, 0.3) is 0 Å². The van der Waals surface area contributed by atoms with E-state index in [1.807, 2.05) is 19.1 Å². The van der Waals surface area contributed by atoms with Crippen molar-refractivity contribution in [3.8, 4) is 0 Å². The Morgan fingerprint density at radius 3 is 2.75 bits per heavy atom. The number of carbonyl (C=O) groups excluding carboxylic acids is 1. The number of aryl methyl sites for hydroxylation is 1. The molecule has 0 atom stereocenters. The molecule has 0 radical (unpaired) electrons. The first-order valence-corrected chi connectivity index (χ1v) is 5.39. The van der Waals surface area contributed by atoms with E-state index in [2.05, 4.69) is 5.32 Å². The summed E-state index contributed by atoms with van der Waals surface area (Å²) in [7, 11) is 0. The minimum Gasteiger partial charge on any atom is -0.349 e. The highest BCUT2D eigenvalue weighted by Gasteiger charge is 2.17. The topological polar surface area (TPSA) is 29.1 Å². The molecule has 1 aliphatic carbocycles. The molecule has 1 aromatic carbocycles. The van der Waals surface area contributed by atoms with Crippen molar-refractivity contribution in [1.82, 2.24) is 5.32 Å². The molecule has 0 unspecified atom stereocenters. The van der Waals surface area contributed by atoms with Gasteiger partial charge in [0, 0.05) is 6.04 Å². The SMILES string of the molecule is Cc1ccc(F)c(C(=O)NC2CC=CC2)c1. The lowest BCUT2D eigenvalue weighted by molar-refractivity contribution is 0.0935. The average molecular weight is 219 g/mol. The van der Waals surface area contributed by atoms with Gasteiger partial charge in [-0.25, -0.2) is 4.39 Å². The maximum Gasteiger partial charge on any atom is 0.254 e. The number of hydrogen-bond acceptors (Lipinski definition) is 1. The van der Waals surface area contributed by atoms with Crippen LogP contribution in [0.2, 0.25) is 0 Å². The summed E-state index contributed by atoms with van der Waals surface area (Å²) in [4.78, 5) is 11.8. The third-order valence-corrected chi connectivity index (χ3v) is 2.71. The molecular weight excluding hydrogens is 205 g/mol. The Bertz CT molecular complexity index is 432. The van der Waals surface area contributed by atoms with E-state index in [-0.39, 0.29) is 17.5 Å². The highest BCUT2D eigenvalue weighted by molar-refractivity contribution is 5.94. The first-order chi connectivity index (χ1) is 7.66. The summed E-state index contributed by atoms with van der Waals surface area (Å²) in [5, 5.41) is 2.82. The zero-order chi connectivity index (χ0) is 11.5. The molecule has 16 heavy (non-hydrogen) atoms. The summed E-state index contributed by atoms with van der Waals surface area (Å²) in [5.74, 6) is -0.788. The van der Waals surface area contributed by atoms with Crippen molar-refractivity contribution >= 4 is 5.91 Å². The fourth-order valence-electron chi connectivity index (χ4n) is 1.81. The Balaban J connectivity index is 2.10. The molecule has 0 saturated carbocycles. The fraction of sp³-hybridized carbons (Fsp3) is 0.308. The summed E-state index contributed by atoms with van der Waals surface area (Å²) in [6.45, 7) is 1.84.